The van der Waals surface area contributed by atoms with Gasteiger partial charge >= 0.3 is 5.97 Å². The monoisotopic (exact) mass is 373 g/mol. The molecule has 0 bridgehead atoms. The summed E-state index contributed by atoms with van der Waals surface area (Å²) in [5, 5.41) is 9.37. The van der Waals surface area contributed by atoms with E-state index in [2.05, 4.69) is 0 Å². The summed E-state index contributed by atoms with van der Waals surface area (Å²) in [7, 11) is 0. The highest BCUT2D eigenvalue weighted by Gasteiger charge is 2.32. The van der Waals surface area contributed by atoms with Crippen LogP contribution in [0.3, 0.4) is 0 Å². The second kappa shape index (κ2) is 6.64. The van der Waals surface area contributed by atoms with Crippen LogP contribution in [0, 0.1) is 18.7 Å². The van der Waals surface area contributed by atoms with Crippen LogP contribution in [0.25, 0.3) is 5.52 Å². The van der Waals surface area contributed by atoms with Crippen molar-refractivity contribution in [2.24, 2.45) is 11.7 Å². The van der Waals surface area contributed by atoms with Crippen LogP contribution in [-0.4, -0.2) is 35.1 Å². The Hall–Kier alpha value is -2.41. The number of pyridine rings is 2. The quantitative estimate of drug-likeness (QED) is 0.841. The Balaban J connectivity index is 1.91. The van der Waals surface area contributed by atoms with Gasteiger partial charge in [0.05, 0.1) is 17.4 Å². The second-order valence-corrected chi connectivity index (χ2v) is 7.75. The first-order valence-corrected chi connectivity index (χ1v) is 9.49. The molecule has 2 aliphatic rings. The molecule has 0 aromatic carbocycles. The molecule has 1 saturated heterocycles. The van der Waals surface area contributed by atoms with E-state index in [-0.39, 0.29) is 11.5 Å². The number of hydrogen-bond acceptors (Lipinski definition) is 4. The molecular weight excluding hydrogens is 349 g/mol. The topological polar surface area (TPSA) is 88.0 Å². The van der Waals surface area contributed by atoms with Crippen molar-refractivity contribution in [3.05, 3.63) is 45.1 Å². The van der Waals surface area contributed by atoms with Gasteiger partial charge in [-0.25, -0.2) is 9.18 Å². The van der Waals surface area contributed by atoms with Gasteiger partial charge in [-0.3, -0.25) is 9.20 Å². The molecule has 2 fully saturated rings. The minimum absolute atomic E-state index is 0.235. The number of aromatic nitrogens is 1. The van der Waals surface area contributed by atoms with Crippen molar-refractivity contribution in [1.82, 2.24) is 4.40 Å². The average Bonchev–Trinajstić information content (AvgIpc) is 3.36. The van der Waals surface area contributed by atoms with Crippen LogP contribution in [0.5, 0.6) is 0 Å². The molecule has 2 aromatic rings. The molecule has 1 aliphatic heterocycles. The Labute approximate surface area is 156 Å². The molecule has 7 heteroatoms. The summed E-state index contributed by atoms with van der Waals surface area (Å²) in [5.41, 5.74) is 7.41. The molecule has 0 spiro atoms. The Morgan fingerprint density at radius 1 is 1.37 bits per heavy atom. The minimum atomic E-state index is -1.28. The third-order valence-electron chi connectivity index (χ3n) is 5.87. The van der Waals surface area contributed by atoms with Crippen molar-refractivity contribution in [3.8, 4) is 0 Å². The first-order chi connectivity index (χ1) is 12.9. The van der Waals surface area contributed by atoms with Gasteiger partial charge in [0.1, 0.15) is 5.56 Å². The molecule has 3 N–H and O–H groups in total. The molecule has 27 heavy (non-hydrogen) atoms. The fraction of sp³-hybridized carbons (Fsp3) is 0.500. The van der Waals surface area contributed by atoms with Crippen LogP contribution in [0.2, 0.25) is 0 Å². The number of anilines is 1. The molecule has 1 saturated carbocycles. The smallest absolute Gasteiger partial charge is 0.341 e. The summed E-state index contributed by atoms with van der Waals surface area (Å²) < 4.78 is 16.2. The number of aryl methyl sites for hydroxylation is 1. The van der Waals surface area contributed by atoms with Gasteiger partial charge in [-0.15, -0.1) is 0 Å². The first-order valence-electron chi connectivity index (χ1n) is 9.49. The van der Waals surface area contributed by atoms with Gasteiger partial charge in [0.25, 0.3) is 5.56 Å². The number of carboxylic acids is 1. The Morgan fingerprint density at radius 3 is 2.74 bits per heavy atom. The maximum atomic E-state index is 15.0. The number of nitrogens with two attached hydrogens (primary N) is 1. The molecular formula is C20H24FN3O3. The summed E-state index contributed by atoms with van der Waals surface area (Å²) in [6.07, 6.45) is 4.97. The van der Waals surface area contributed by atoms with Crippen LogP contribution < -0.4 is 16.2 Å². The SMILES string of the molecule is Cc1c(N2CCC(CCN)C2)c(F)cn2c(=O)c(C(=O)O)cc(C3CC3)c12. The lowest BCUT2D eigenvalue weighted by Crippen LogP contribution is -2.27. The number of carbonyl (C=O) groups is 1. The van der Waals surface area contributed by atoms with Crippen molar-refractivity contribution in [1.29, 1.82) is 0 Å². The van der Waals surface area contributed by atoms with Gasteiger partial charge < -0.3 is 15.7 Å². The zero-order chi connectivity index (χ0) is 19.3. The van der Waals surface area contributed by atoms with E-state index in [9.17, 15) is 14.7 Å². The fourth-order valence-corrected chi connectivity index (χ4v) is 4.40. The normalized spacial score (nSPS) is 19.8. The Kier molecular flexibility index (Phi) is 4.42. The van der Waals surface area contributed by atoms with Crippen molar-refractivity contribution in [2.45, 2.75) is 38.5 Å². The number of carboxylic acid groups (broad SMARTS) is 1. The summed E-state index contributed by atoms with van der Waals surface area (Å²) in [6.45, 7) is 3.96. The van der Waals surface area contributed by atoms with Gasteiger partial charge in [-0.2, -0.15) is 0 Å². The molecule has 0 amide bonds. The van der Waals surface area contributed by atoms with E-state index in [1.165, 1.54) is 10.5 Å². The van der Waals surface area contributed by atoms with Gasteiger partial charge in [-0.1, -0.05) is 0 Å². The number of rotatable bonds is 5. The Bertz CT molecular complexity index is 981. The van der Waals surface area contributed by atoms with Gasteiger partial charge in [-0.05, 0) is 68.2 Å². The van der Waals surface area contributed by atoms with E-state index in [1.54, 1.807) is 0 Å². The van der Waals surface area contributed by atoms with E-state index < -0.39 is 17.3 Å². The predicted molar refractivity (Wildman–Crippen MR) is 101 cm³/mol. The molecule has 1 aliphatic carbocycles. The number of halogens is 1. The lowest BCUT2D eigenvalue weighted by Gasteiger charge is -2.24. The van der Waals surface area contributed by atoms with E-state index >= 15 is 4.39 Å². The van der Waals surface area contributed by atoms with Crippen molar-refractivity contribution >= 4 is 17.2 Å². The summed E-state index contributed by atoms with van der Waals surface area (Å²) in [5.74, 6) is -1.08. The summed E-state index contributed by atoms with van der Waals surface area (Å²) in [6, 6.07) is 1.49. The van der Waals surface area contributed by atoms with Crippen molar-refractivity contribution in [2.75, 3.05) is 24.5 Å². The number of hydrogen-bond donors (Lipinski definition) is 2. The molecule has 2 aromatic heterocycles. The van der Waals surface area contributed by atoms with Crippen LogP contribution >= 0.6 is 0 Å². The third-order valence-corrected chi connectivity index (χ3v) is 5.87. The maximum absolute atomic E-state index is 15.0. The van der Waals surface area contributed by atoms with E-state index in [0.717, 1.165) is 50.5 Å². The van der Waals surface area contributed by atoms with Crippen LogP contribution in [-0.2, 0) is 0 Å². The molecule has 144 valence electrons. The molecule has 1 unspecified atom stereocenters. The second-order valence-electron chi connectivity index (χ2n) is 7.75. The van der Waals surface area contributed by atoms with Crippen LogP contribution in [0.1, 0.15) is 53.1 Å². The third kappa shape index (κ3) is 3.00. The van der Waals surface area contributed by atoms with Crippen molar-refractivity contribution in [3.63, 3.8) is 0 Å². The lowest BCUT2D eigenvalue weighted by atomic mass is 10.0. The van der Waals surface area contributed by atoms with Gasteiger partial charge in [0.2, 0.25) is 0 Å². The van der Waals surface area contributed by atoms with Gasteiger partial charge in [0, 0.05) is 13.1 Å². The fourth-order valence-electron chi connectivity index (χ4n) is 4.40. The highest BCUT2D eigenvalue weighted by molar-refractivity contribution is 5.89. The summed E-state index contributed by atoms with van der Waals surface area (Å²) >= 11 is 0. The molecule has 4 rings (SSSR count). The van der Waals surface area contributed by atoms with E-state index in [0.29, 0.717) is 29.2 Å². The van der Waals surface area contributed by atoms with E-state index in [1.807, 2.05) is 11.8 Å². The number of fused-ring (bicyclic) bond motifs is 1. The molecule has 6 nitrogen and oxygen atoms in total. The molecule has 0 radical (unpaired) electrons. The molecule has 1 atom stereocenters. The minimum Gasteiger partial charge on any atom is -0.477 e. The highest BCUT2D eigenvalue weighted by atomic mass is 19.1. The zero-order valence-electron chi connectivity index (χ0n) is 15.4. The standard InChI is InChI=1S/C20H24FN3O3/c1-11-17-14(13-2-3-13)8-15(20(26)27)19(25)24(17)10-16(21)18(11)23-7-5-12(9-23)4-6-22/h8,10,12-13H,2-7,9,22H2,1H3,(H,26,27). The average molecular weight is 373 g/mol. The predicted octanol–water partition coefficient (Wildman–Crippen LogP) is 2.50. The van der Waals surface area contributed by atoms with E-state index in [4.69, 9.17) is 5.73 Å². The van der Waals surface area contributed by atoms with Gasteiger partial charge in [0.15, 0.2) is 5.82 Å². The highest BCUT2D eigenvalue weighted by Crippen LogP contribution is 2.44. The lowest BCUT2D eigenvalue weighted by molar-refractivity contribution is 0.0694. The molecule has 3 heterocycles. The largest absolute Gasteiger partial charge is 0.477 e. The maximum Gasteiger partial charge on any atom is 0.341 e. The van der Waals surface area contributed by atoms with Crippen LogP contribution in [0.4, 0.5) is 10.1 Å². The number of aromatic carboxylic acids is 1. The van der Waals surface area contributed by atoms with Crippen LogP contribution in [0.15, 0.2) is 17.1 Å². The first kappa shape index (κ1) is 18.0. The number of nitrogens with zero attached hydrogens (tertiary/aromatic N) is 2. The summed E-state index contributed by atoms with van der Waals surface area (Å²) in [4.78, 5) is 26.1. The zero-order valence-corrected chi connectivity index (χ0v) is 15.4. The van der Waals surface area contributed by atoms with Crippen molar-refractivity contribution < 1.29 is 14.3 Å². The Morgan fingerprint density at radius 2 is 2.11 bits per heavy atom.